The predicted molar refractivity (Wildman–Crippen MR) is 184 cm³/mol. The summed E-state index contributed by atoms with van der Waals surface area (Å²) in [5.41, 5.74) is 4.29. The Hall–Kier alpha value is -5.17. The number of aromatic amines is 2. The van der Waals surface area contributed by atoms with Gasteiger partial charge in [-0.15, -0.1) is 0 Å². The number of carbonyl (C=O) groups is 3. The van der Waals surface area contributed by atoms with E-state index in [2.05, 4.69) is 31.9 Å². The van der Waals surface area contributed by atoms with Gasteiger partial charge in [-0.2, -0.15) is 0 Å². The third kappa shape index (κ3) is 6.50. The molecule has 0 bridgehead atoms. The number of ether oxygens (including phenoxy) is 2. The molecule has 6 rings (SSSR count). The number of hydrogen-bond acceptors (Lipinski definition) is 8. The van der Waals surface area contributed by atoms with Gasteiger partial charge >= 0.3 is 6.09 Å². The van der Waals surface area contributed by atoms with Gasteiger partial charge in [0.05, 0.1) is 37.4 Å². The van der Waals surface area contributed by atoms with E-state index in [1.54, 1.807) is 17.3 Å². The first-order valence-electron chi connectivity index (χ1n) is 16.7. The number of hydrogen-bond donors (Lipinski definition) is 3. The van der Waals surface area contributed by atoms with E-state index in [0.29, 0.717) is 31.3 Å². The zero-order valence-corrected chi connectivity index (χ0v) is 28.6. The van der Waals surface area contributed by atoms with Gasteiger partial charge in [0.15, 0.2) is 0 Å². The van der Waals surface area contributed by atoms with Gasteiger partial charge < -0.3 is 39.0 Å². The van der Waals surface area contributed by atoms with Crippen LogP contribution in [-0.2, 0) is 31.1 Å². The standard InChI is InChI=1S/C36H43N7O6/c1-6-13-42(33(45)21-47-4)20-31-37-17-27(40-31)22-8-10-25-26-11-9-23(16-30(26)49-29(25)15-22)28-18-38-34(41-28)36(3)24(7-2)12-14-43(36)32(44)19-39-35(46)48-5/h8-11,15-18,24H,6-7,12-14,19-21H2,1-5H3,(H,37,40)(H,38,41)(H,39,46)/t24-,36+/m1/s1. The van der Waals surface area contributed by atoms with Crippen molar-refractivity contribution in [2.24, 2.45) is 5.92 Å². The normalized spacial score (nSPS) is 17.6. The SMILES string of the molecule is CCCN(Cc1ncc(-c2ccc3c(c2)oc2cc(-c4cnc([C@]5(C)[C@H](CC)CCN5C(=O)CNC(=O)OC)[nH]4)ccc23)[nH]1)C(=O)COC. The van der Waals surface area contributed by atoms with Crippen LogP contribution in [0.4, 0.5) is 4.79 Å². The second-order valence-electron chi connectivity index (χ2n) is 12.6. The number of methoxy groups -OCH3 is 2. The Morgan fingerprint density at radius 2 is 1.69 bits per heavy atom. The Morgan fingerprint density at radius 3 is 2.33 bits per heavy atom. The van der Waals surface area contributed by atoms with Gasteiger partial charge in [0.25, 0.3) is 0 Å². The molecule has 2 aromatic carbocycles. The smallest absolute Gasteiger partial charge is 0.407 e. The molecule has 3 amide bonds. The largest absolute Gasteiger partial charge is 0.456 e. The molecular weight excluding hydrogens is 626 g/mol. The quantitative estimate of drug-likeness (QED) is 0.155. The molecule has 13 heteroatoms. The molecule has 1 fully saturated rings. The van der Waals surface area contributed by atoms with Gasteiger partial charge in [0, 0.05) is 42.1 Å². The minimum Gasteiger partial charge on any atom is -0.456 e. The van der Waals surface area contributed by atoms with Crippen LogP contribution < -0.4 is 5.32 Å². The lowest BCUT2D eigenvalue weighted by atomic mass is 9.83. The van der Waals surface area contributed by atoms with Crippen molar-refractivity contribution in [2.75, 3.05) is 40.5 Å². The van der Waals surface area contributed by atoms with E-state index in [9.17, 15) is 14.4 Å². The maximum absolute atomic E-state index is 13.2. The first-order chi connectivity index (χ1) is 23.7. The van der Waals surface area contributed by atoms with Crippen LogP contribution in [0.5, 0.6) is 0 Å². The number of likely N-dealkylation sites (tertiary alicyclic amines) is 1. The molecule has 4 heterocycles. The summed E-state index contributed by atoms with van der Waals surface area (Å²) in [6.45, 7) is 7.65. The highest BCUT2D eigenvalue weighted by Crippen LogP contribution is 2.44. The van der Waals surface area contributed by atoms with Crippen LogP contribution in [0, 0.1) is 5.92 Å². The van der Waals surface area contributed by atoms with Crippen molar-refractivity contribution in [3.05, 3.63) is 60.4 Å². The Bertz CT molecular complexity index is 1980. The number of nitrogens with zero attached hydrogens (tertiary/aromatic N) is 4. The first-order valence-corrected chi connectivity index (χ1v) is 16.7. The monoisotopic (exact) mass is 669 g/mol. The maximum atomic E-state index is 13.2. The fourth-order valence-electron chi connectivity index (χ4n) is 7.02. The number of H-pyrrole nitrogens is 2. The molecular formula is C36H43N7O6. The summed E-state index contributed by atoms with van der Waals surface area (Å²) in [6, 6.07) is 12.1. The number of nitrogens with one attached hydrogen (secondary N) is 3. The highest BCUT2D eigenvalue weighted by atomic mass is 16.5. The number of benzene rings is 2. The van der Waals surface area contributed by atoms with E-state index in [-0.39, 0.29) is 30.9 Å². The van der Waals surface area contributed by atoms with Gasteiger partial charge in [-0.1, -0.05) is 32.4 Å². The summed E-state index contributed by atoms with van der Waals surface area (Å²) in [7, 11) is 2.79. The van der Waals surface area contributed by atoms with Crippen molar-refractivity contribution >= 4 is 39.8 Å². The topological polar surface area (TPSA) is 159 Å². The molecule has 5 aromatic rings. The van der Waals surface area contributed by atoms with E-state index in [4.69, 9.17) is 14.1 Å². The summed E-state index contributed by atoms with van der Waals surface area (Å²) in [5.74, 6) is 1.33. The van der Waals surface area contributed by atoms with Gasteiger partial charge in [-0.25, -0.2) is 14.8 Å². The van der Waals surface area contributed by atoms with Crippen molar-refractivity contribution in [1.82, 2.24) is 35.1 Å². The Labute approximate surface area is 284 Å². The molecule has 13 nitrogen and oxygen atoms in total. The number of fused-ring (bicyclic) bond motifs is 3. The van der Waals surface area contributed by atoms with Crippen LogP contribution in [0.15, 0.2) is 53.2 Å². The molecule has 1 saturated heterocycles. The highest BCUT2D eigenvalue weighted by molar-refractivity contribution is 6.06. The molecule has 0 unspecified atom stereocenters. The molecule has 49 heavy (non-hydrogen) atoms. The molecule has 1 aliphatic heterocycles. The van der Waals surface area contributed by atoms with E-state index in [1.165, 1.54) is 14.2 Å². The lowest BCUT2D eigenvalue weighted by molar-refractivity contribution is -0.136. The lowest BCUT2D eigenvalue weighted by Gasteiger charge is -2.37. The van der Waals surface area contributed by atoms with E-state index >= 15 is 0 Å². The predicted octanol–water partition coefficient (Wildman–Crippen LogP) is 5.58. The number of aromatic nitrogens is 4. The average molecular weight is 670 g/mol. The van der Waals surface area contributed by atoms with Crippen molar-refractivity contribution in [2.45, 2.75) is 52.1 Å². The van der Waals surface area contributed by atoms with E-state index < -0.39 is 11.6 Å². The molecule has 1 aliphatic rings. The molecule has 258 valence electrons. The maximum Gasteiger partial charge on any atom is 0.407 e. The van der Waals surface area contributed by atoms with Crippen LogP contribution in [0.2, 0.25) is 0 Å². The molecule has 2 atom stereocenters. The zero-order chi connectivity index (χ0) is 34.7. The molecule has 3 aromatic heterocycles. The highest BCUT2D eigenvalue weighted by Gasteiger charge is 2.49. The molecule has 0 spiro atoms. The summed E-state index contributed by atoms with van der Waals surface area (Å²) in [4.78, 5) is 57.0. The van der Waals surface area contributed by atoms with Crippen molar-refractivity contribution < 1.29 is 28.3 Å². The van der Waals surface area contributed by atoms with Gasteiger partial charge in [0.2, 0.25) is 11.8 Å². The number of furan rings is 1. The fourth-order valence-corrected chi connectivity index (χ4v) is 7.02. The Morgan fingerprint density at radius 1 is 1.02 bits per heavy atom. The number of imidazole rings is 2. The molecule has 0 saturated carbocycles. The van der Waals surface area contributed by atoms with Crippen molar-refractivity contribution in [3.63, 3.8) is 0 Å². The van der Waals surface area contributed by atoms with E-state index in [0.717, 1.165) is 63.7 Å². The molecule has 0 aliphatic carbocycles. The van der Waals surface area contributed by atoms with Crippen molar-refractivity contribution in [1.29, 1.82) is 0 Å². The zero-order valence-electron chi connectivity index (χ0n) is 28.6. The van der Waals surface area contributed by atoms with E-state index in [1.807, 2.05) is 55.1 Å². The van der Waals surface area contributed by atoms with Gasteiger partial charge in [0.1, 0.15) is 41.5 Å². The fraction of sp³-hybridized carbons (Fsp3) is 0.417. The molecule has 3 N–H and O–H groups in total. The molecule has 0 radical (unpaired) electrons. The van der Waals surface area contributed by atoms with Crippen molar-refractivity contribution in [3.8, 4) is 22.5 Å². The first kappa shape index (κ1) is 33.7. The third-order valence-corrected chi connectivity index (χ3v) is 9.65. The average Bonchev–Trinajstić information content (AvgIpc) is 3.91. The van der Waals surface area contributed by atoms with Crippen LogP contribution in [-0.4, -0.2) is 88.1 Å². The minimum atomic E-state index is -0.665. The lowest BCUT2D eigenvalue weighted by Crippen LogP contribution is -2.50. The van der Waals surface area contributed by atoms with Gasteiger partial charge in [-0.3, -0.25) is 9.59 Å². The van der Waals surface area contributed by atoms with Crippen LogP contribution >= 0.6 is 0 Å². The van der Waals surface area contributed by atoms with Gasteiger partial charge in [-0.05, 0) is 49.9 Å². The summed E-state index contributed by atoms with van der Waals surface area (Å²) < 4.78 is 16.0. The summed E-state index contributed by atoms with van der Waals surface area (Å²) in [5, 5.41) is 4.49. The third-order valence-electron chi connectivity index (χ3n) is 9.65. The Kier molecular flexibility index (Phi) is 9.72. The number of amides is 3. The minimum absolute atomic E-state index is 0.0372. The Balaban J connectivity index is 1.24. The number of carbonyl (C=O) groups excluding carboxylic acids is 3. The number of rotatable bonds is 12. The van der Waals surface area contributed by atoms with Crippen LogP contribution in [0.3, 0.4) is 0 Å². The second kappa shape index (κ2) is 14.1. The summed E-state index contributed by atoms with van der Waals surface area (Å²) >= 11 is 0. The number of alkyl carbamates (subject to hydrolysis) is 1. The summed E-state index contributed by atoms with van der Waals surface area (Å²) in [6.07, 6.45) is 5.48. The van der Waals surface area contributed by atoms with Crippen LogP contribution in [0.25, 0.3) is 44.5 Å². The van der Waals surface area contributed by atoms with Crippen LogP contribution in [0.1, 0.15) is 51.7 Å². The second-order valence-corrected chi connectivity index (χ2v) is 12.6.